The van der Waals surface area contributed by atoms with Gasteiger partial charge < -0.3 is 14.9 Å². The smallest absolute Gasteiger partial charge is 0.263 e. The maximum Gasteiger partial charge on any atom is 0.263 e. The molecule has 1 fully saturated rings. The first kappa shape index (κ1) is 35.2. The predicted octanol–water partition coefficient (Wildman–Crippen LogP) is 7.96. The van der Waals surface area contributed by atoms with Crippen LogP contribution in [0.25, 0.3) is 22.3 Å². The standard InChI is InChI=1S/C39H42ClFN2O5/c1-23-19-31(38(46)43(4)37(23)45)33(44)14-7-10-25-9-6-11-27(24(25)2)29-13-8-12-28(36(29)40)26-20-32(41)30(34(21-26)47-5)22-35(42)39(3)15-17-48-18-16-39/h6,8-9,11-13,19-21,23,42H,7,10,14-18,22H2,1-5H3. The Morgan fingerprint density at radius 1 is 1.10 bits per heavy atom. The van der Waals surface area contributed by atoms with Crippen molar-refractivity contribution in [3.63, 3.8) is 0 Å². The van der Waals surface area contributed by atoms with Gasteiger partial charge in [-0.1, -0.05) is 67.9 Å². The zero-order valence-electron chi connectivity index (χ0n) is 28.2. The molecule has 1 atom stereocenters. The normalized spacial score (nSPS) is 17.7. The molecule has 2 amide bonds. The number of hydrogen-bond donors (Lipinski definition) is 1. The number of aryl methyl sites for hydroxylation is 1. The first-order chi connectivity index (χ1) is 22.9. The summed E-state index contributed by atoms with van der Waals surface area (Å²) in [6, 6.07) is 14.9. The number of methoxy groups -OCH3 is 1. The van der Waals surface area contributed by atoms with Crippen LogP contribution in [0.3, 0.4) is 0 Å². The number of ketones is 1. The molecule has 2 aliphatic rings. The number of benzene rings is 3. The molecule has 48 heavy (non-hydrogen) atoms. The first-order valence-electron chi connectivity index (χ1n) is 16.3. The average molecular weight is 673 g/mol. The Hall–Kier alpha value is -4.14. The largest absolute Gasteiger partial charge is 0.496 e. The van der Waals surface area contributed by atoms with E-state index in [1.807, 2.05) is 50.2 Å². The fraction of sp³-hybridized carbons (Fsp3) is 0.385. The minimum atomic E-state index is -0.549. The van der Waals surface area contributed by atoms with Gasteiger partial charge in [-0.05, 0) is 67.0 Å². The van der Waals surface area contributed by atoms with Crippen molar-refractivity contribution in [2.45, 2.75) is 59.3 Å². The molecule has 0 aromatic heterocycles. The van der Waals surface area contributed by atoms with E-state index in [0.717, 1.165) is 40.0 Å². The Labute approximate surface area is 286 Å². The molecular formula is C39H42ClFN2O5. The molecule has 3 aromatic carbocycles. The van der Waals surface area contributed by atoms with Gasteiger partial charge in [-0.25, -0.2) is 4.39 Å². The van der Waals surface area contributed by atoms with Gasteiger partial charge in [0, 0.05) is 60.9 Å². The molecule has 0 radical (unpaired) electrons. The molecular weight excluding hydrogens is 631 g/mol. The molecule has 7 nitrogen and oxygen atoms in total. The molecule has 1 N–H and O–H groups in total. The number of ether oxygens (including phenoxy) is 2. The third kappa shape index (κ3) is 7.01. The minimum absolute atomic E-state index is 0.0756. The Balaban J connectivity index is 1.36. The lowest BCUT2D eigenvalue weighted by molar-refractivity contribution is -0.144. The number of halogens is 2. The van der Waals surface area contributed by atoms with E-state index in [4.69, 9.17) is 26.5 Å². The number of Topliss-reactive ketones (excluding diaryl/α,β-unsaturated/α-hetero) is 1. The van der Waals surface area contributed by atoms with E-state index in [9.17, 15) is 14.4 Å². The van der Waals surface area contributed by atoms with E-state index in [2.05, 4.69) is 0 Å². The SMILES string of the molecule is COc1cc(-c2cccc(-c3cccc(CCCC(=O)C4=CC(C)C(=O)N(C)C4=O)c3C)c2Cl)cc(F)c1CC(=N)C1(C)CCOCC1. The maximum absolute atomic E-state index is 15.8. The highest BCUT2D eigenvalue weighted by molar-refractivity contribution is 6.36. The van der Waals surface area contributed by atoms with Crippen LogP contribution in [0.1, 0.15) is 56.2 Å². The third-order valence-corrected chi connectivity index (χ3v) is 10.3. The molecule has 0 saturated carbocycles. The van der Waals surface area contributed by atoms with Gasteiger partial charge in [0.2, 0.25) is 5.91 Å². The topological polar surface area (TPSA) is 96.8 Å². The highest BCUT2D eigenvalue weighted by atomic mass is 35.5. The Morgan fingerprint density at radius 2 is 1.77 bits per heavy atom. The molecule has 3 aromatic rings. The lowest BCUT2D eigenvalue weighted by Crippen LogP contribution is -2.42. The van der Waals surface area contributed by atoms with Crippen molar-refractivity contribution >= 4 is 34.9 Å². The van der Waals surface area contributed by atoms with Gasteiger partial charge in [-0.15, -0.1) is 0 Å². The van der Waals surface area contributed by atoms with Crippen LogP contribution in [0.15, 0.2) is 60.2 Å². The van der Waals surface area contributed by atoms with Crippen molar-refractivity contribution in [3.8, 4) is 28.0 Å². The van der Waals surface area contributed by atoms with Gasteiger partial charge >= 0.3 is 0 Å². The van der Waals surface area contributed by atoms with E-state index in [0.29, 0.717) is 59.2 Å². The highest BCUT2D eigenvalue weighted by Gasteiger charge is 2.34. The third-order valence-electron chi connectivity index (χ3n) is 9.92. The van der Waals surface area contributed by atoms with Gasteiger partial charge in [0.25, 0.3) is 5.91 Å². The fourth-order valence-electron chi connectivity index (χ4n) is 6.61. The van der Waals surface area contributed by atoms with E-state index >= 15 is 4.39 Å². The number of carbonyl (C=O) groups excluding carboxylic acids is 3. The van der Waals surface area contributed by atoms with E-state index in [1.54, 1.807) is 13.0 Å². The van der Waals surface area contributed by atoms with Crippen molar-refractivity contribution in [2.75, 3.05) is 27.4 Å². The van der Waals surface area contributed by atoms with Crippen LogP contribution in [0.4, 0.5) is 4.39 Å². The van der Waals surface area contributed by atoms with E-state index in [1.165, 1.54) is 26.3 Å². The molecule has 0 aliphatic carbocycles. The fourth-order valence-corrected chi connectivity index (χ4v) is 6.95. The first-order valence-corrected chi connectivity index (χ1v) is 16.7. The molecule has 0 spiro atoms. The molecule has 5 rings (SSSR count). The summed E-state index contributed by atoms with van der Waals surface area (Å²) >= 11 is 7.05. The summed E-state index contributed by atoms with van der Waals surface area (Å²) in [6.45, 7) is 6.92. The molecule has 0 bridgehead atoms. The van der Waals surface area contributed by atoms with Gasteiger partial charge in [0.05, 0.1) is 23.6 Å². The Kier molecular flexibility index (Phi) is 10.7. The number of likely N-dealkylation sites (N-methyl/N-ethyl adjacent to an activating group) is 1. The van der Waals surface area contributed by atoms with Gasteiger partial charge in [0.15, 0.2) is 5.78 Å². The minimum Gasteiger partial charge on any atom is -0.496 e. The zero-order valence-corrected chi connectivity index (χ0v) is 28.9. The Bertz CT molecular complexity index is 1810. The monoisotopic (exact) mass is 672 g/mol. The number of rotatable bonds is 11. The molecule has 2 aliphatic heterocycles. The number of carbonyl (C=O) groups is 3. The van der Waals surface area contributed by atoms with Crippen LogP contribution >= 0.6 is 11.6 Å². The van der Waals surface area contributed by atoms with Crippen molar-refractivity contribution in [3.05, 3.63) is 87.7 Å². The van der Waals surface area contributed by atoms with Gasteiger partial charge in [0.1, 0.15) is 11.6 Å². The van der Waals surface area contributed by atoms with Gasteiger partial charge in [-0.3, -0.25) is 19.3 Å². The summed E-state index contributed by atoms with van der Waals surface area (Å²) < 4.78 is 26.9. The summed E-state index contributed by atoms with van der Waals surface area (Å²) in [6.07, 6.45) is 4.41. The molecule has 252 valence electrons. The summed E-state index contributed by atoms with van der Waals surface area (Å²) in [5, 5.41) is 9.27. The van der Waals surface area contributed by atoms with E-state index in [-0.39, 0.29) is 35.5 Å². The number of nitrogens with one attached hydrogen (secondary N) is 1. The maximum atomic E-state index is 15.8. The molecule has 1 saturated heterocycles. The number of hydrogen-bond acceptors (Lipinski definition) is 6. The second-order valence-electron chi connectivity index (χ2n) is 13.1. The average Bonchev–Trinajstić information content (AvgIpc) is 3.07. The number of imide groups is 1. The Morgan fingerprint density at radius 3 is 2.48 bits per heavy atom. The van der Waals surface area contributed by atoms with Gasteiger partial charge in [-0.2, -0.15) is 0 Å². The molecule has 2 heterocycles. The second-order valence-corrected chi connectivity index (χ2v) is 13.5. The van der Waals surface area contributed by atoms with Crippen molar-refractivity contribution in [1.29, 1.82) is 5.41 Å². The number of amides is 2. The van der Waals surface area contributed by atoms with Crippen LogP contribution in [-0.4, -0.2) is 55.6 Å². The molecule has 1 unspecified atom stereocenters. The lowest BCUT2D eigenvalue weighted by Gasteiger charge is -2.34. The van der Waals surface area contributed by atoms with Crippen LogP contribution in [0, 0.1) is 29.5 Å². The van der Waals surface area contributed by atoms with Crippen molar-refractivity contribution in [2.24, 2.45) is 11.3 Å². The second kappa shape index (κ2) is 14.5. The summed E-state index contributed by atoms with van der Waals surface area (Å²) in [7, 11) is 2.91. The van der Waals surface area contributed by atoms with Crippen LogP contribution < -0.4 is 4.74 Å². The van der Waals surface area contributed by atoms with Crippen molar-refractivity contribution in [1.82, 2.24) is 4.90 Å². The predicted molar refractivity (Wildman–Crippen MR) is 186 cm³/mol. The van der Waals surface area contributed by atoms with Crippen LogP contribution in [0.2, 0.25) is 5.02 Å². The lowest BCUT2D eigenvalue weighted by atomic mass is 9.75. The quantitative estimate of drug-likeness (QED) is 0.127. The van der Waals surface area contributed by atoms with Crippen LogP contribution in [0.5, 0.6) is 5.75 Å². The molecule has 9 heteroatoms. The summed E-state index contributed by atoms with van der Waals surface area (Å²) in [5.41, 5.74) is 5.56. The summed E-state index contributed by atoms with van der Waals surface area (Å²) in [5.74, 6) is -1.71. The zero-order chi connectivity index (χ0) is 34.7. The van der Waals surface area contributed by atoms with E-state index < -0.39 is 17.6 Å². The van der Waals surface area contributed by atoms with Crippen LogP contribution in [-0.2, 0) is 32.0 Å². The number of nitrogens with zero attached hydrogens (tertiary/aromatic N) is 1. The summed E-state index contributed by atoms with van der Waals surface area (Å²) in [4.78, 5) is 38.5. The van der Waals surface area contributed by atoms with Crippen molar-refractivity contribution < 1.29 is 28.2 Å². The highest BCUT2D eigenvalue weighted by Crippen LogP contribution is 2.41.